The van der Waals surface area contributed by atoms with E-state index in [-0.39, 0.29) is 5.91 Å². The van der Waals surface area contributed by atoms with Crippen molar-refractivity contribution in [3.63, 3.8) is 0 Å². The molecule has 3 nitrogen and oxygen atoms in total. The van der Waals surface area contributed by atoms with Crippen LogP contribution in [0, 0.1) is 0 Å². The SMILES string of the molecule is CCC(=O)NC1CCc2nc([AsH2])sc2C1. The number of aryl methyl sites for hydroxylation is 1. The number of nitrogens with zero attached hydrogens (tertiary/aromatic N) is 1. The summed E-state index contributed by atoms with van der Waals surface area (Å²) in [6.07, 6.45) is 3.61. The standard InChI is InChI=1S/C10H15AsN2OS/c1-2-9(14)12-6-3-4-7-8(5-6)15-10(11)13-7/h6H,2-5,11H2,1H3,(H,12,14). The molecule has 1 aliphatic carbocycles. The van der Waals surface area contributed by atoms with Crippen molar-refractivity contribution in [2.45, 2.75) is 38.6 Å². The van der Waals surface area contributed by atoms with E-state index in [1.807, 2.05) is 6.92 Å². The summed E-state index contributed by atoms with van der Waals surface area (Å²) in [6.45, 7) is 1.89. The third-order valence-electron chi connectivity index (χ3n) is 2.64. The minimum absolute atomic E-state index is 0.161. The summed E-state index contributed by atoms with van der Waals surface area (Å²) in [5.41, 5.74) is 1.27. The molecule has 0 saturated heterocycles. The van der Waals surface area contributed by atoms with Crippen LogP contribution in [0.3, 0.4) is 0 Å². The topological polar surface area (TPSA) is 42.0 Å². The first-order valence-corrected chi connectivity index (χ1v) is 7.25. The average Bonchev–Trinajstić information content (AvgIpc) is 2.57. The van der Waals surface area contributed by atoms with Gasteiger partial charge in [-0.05, 0) is 0 Å². The Balaban J connectivity index is 2.02. The van der Waals surface area contributed by atoms with Crippen molar-refractivity contribution in [1.29, 1.82) is 0 Å². The molecule has 1 aromatic heterocycles. The van der Waals surface area contributed by atoms with Gasteiger partial charge in [0.15, 0.2) is 0 Å². The number of aromatic nitrogens is 1. The van der Waals surface area contributed by atoms with E-state index in [4.69, 9.17) is 0 Å². The molecule has 1 heterocycles. The predicted molar refractivity (Wildman–Crippen MR) is 64.5 cm³/mol. The van der Waals surface area contributed by atoms with Crippen LogP contribution in [0.5, 0.6) is 0 Å². The number of nitrogens with one attached hydrogen (secondary N) is 1. The number of rotatable bonds is 2. The number of hydrogen-bond donors (Lipinski definition) is 1. The van der Waals surface area contributed by atoms with Crippen LogP contribution in [0.15, 0.2) is 0 Å². The van der Waals surface area contributed by atoms with Gasteiger partial charge in [-0.3, -0.25) is 0 Å². The first kappa shape index (κ1) is 11.2. The van der Waals surface area contributed by atoms with Crippen molar-refractivity contribution in [1.82, 2.24) is 10.3 Å². The van der Waals surface area contributed by atoms with E-state index in [0.717, 1.165) is 19.3 Å². The average molecular weight is 286 g/mol. The van der Waals surface area contributed by atoms with Gasteiger partial charge in [-0.2, -0.15) is 0 Å². The fourth-order valence-electron chi connectivity index (χ4n) is 1.85. The van der Waals surface area contributed by atoms with Crippen LogP contribution in [0.2, 0.25) is 0 Å². The Morgan fingerprint density at radius 3 is 3.27 bits per heavy atom. The molecule has 5 heteroatoms. The summed E-state index contributed by atoms with van der Waals surface area (Å²) >= 11 is 3.39. The van der Waals surface area contributed by atoms with E-state index in [9.17, 15) is 4.79 Å². The second-order valence-electron chi connectivity index (χ2n) is 3.78. The number of thiazole rings is 1. The van der Waals surface area contributed by atoms with Gasteiger partial charge in [-0.15, -0.1) is 0 Å². The Morgan fingerprint density at radius 2 is 2.53 bits per heavy atom. The van der Waals surface area contributed by atoms with E-state index in [1.165, 1.54) is 14.4 Å². The molecule has 15 heavy (non-hydrogen) atoms. The van der Waals surface area contributed by atoms with Crippen LogP contribution in [0.25, 0.3) is 0 Å². The van der Waals surface area contributed by atoms with Gasteiger partial charge in [-0.1, -0.05) is 0 Å². The first-order chi connectivity index (χ1) is 7.19. The van der Waals surface area contributed by atoms with E-state index in [2.05, 4.69) is 10.3 Å². The minimum atomic E-state index is 0.161. The Hall–Kier alpha value is -0.342. The molecular weight excluding hydrogens is 271 g/mol. The Kier molecular flexibility index (Phi) is 3.47. The molecule has 0 fully saturated rings. The number of carbonyl (C=O) groups is 1. The summed E-state index contributed by atoms with van der Waals surface area (Å²) in [7, 11) is 0. The molecule has 0 aromatic carbocycles. The summed E-state index contributed by atoms with van der Waals surface area (Å²) in [6, 6.07) is 0.331. The molecule has 82 valence electrons. The number of carbonyl (C=O) groups excluding carboxylic acids is 1. The quantitative estimate of drug-likeness (QED) is 0.764. The zero-order chi connectivity index (χ0) is 10.8. The summed E-state index contributed by atoms with van der Waals surface area (Å²) in [5.74, 6) is 0.161. The molecule has 2 atom stereocenters. The molecule has 1 N–H and O–H groups in total. The van der Waals surface area contributed by atoms with Crippen molar-refractivity contribution in [2.24, 2.45) is 0 Å². The van der Waals surface area contributed by atoms with Gasteiger partial charge in [-0.25, -0.2) is 0 Å². The van der Waals surface area contributed by atoms with Gasteiger partial charge in [0.05, 0.1) is 0 Å². The van der Waals surface area contributed by atoms with Crippen molar-refractivity contribution >= 4 is 37.9 Å². The predicted octanol–water partition coefficient (Wildman–Crippen LogP) is -0.215. The van der Waals surface area contributed by atoms with Crippen molar-refractivity contribution in [2.75, 3.05) is 0 Å². The molecule has 2 unspecified atom stereocenters. The van der Waals surface area contributed by atoms with Crippen LogP contribution < -0.4 is 9.11 Å². The van der Waals surface area contributed by atoms with Crippen LogP contribution in [-0.2, 0) is 17.6 Å². The zero-order valence-corrected chi connectivity index (χ0v) is 12.0. The third-order valence-corrected chi connectivity index (χ3v) is 4.60. The van der Waals surface area contributed by atoms with Gasteiger partial charge in [0.1, 0.15) is 0 Å². The van der Waals surface area contributed by atoms with E-state index in [0.29, 0.717) is 12.5 Å². The maximum absolute atomic E-state index is 11.3. The Morgan fingerprint density at radius 1 is 1.73 bits per heavy atom. The molecule has 0 radical (unpaired) electrons. The molecule has 2 rings (SSSR count). The van der Waals surface area contributed by atoms with Crippen LogP contribution >= 0.6 is 11.3 Å². The molecule has 0 bridgehead atoms. The number of hydrogen-bond acceptors (Lipinski definition) is 3. The number of fused-ring (bicyclic) bond motifs is 1. The monoisotopic (exact) mass is 286 g/mol. The third kappa shape index (κ3) is 2.61. The molecule has 0 saturated carbocycles. The molecule has 0 aliphatic heterocycles. The van der Waals surface area contributed by atoms with Gasteiger partial charge in [0.2, 0.25) is 0 Å². The van der Waals surface area contributed by atoms with E-state index >= 15 is 0 Å². The van der Waals surface area contributed by atoms with Crippen molar-refractivity contribution in [3.8, 4) is 0 Å². The normalized spacial score (nSPS) is 19.7. The fraction of sp³-hybridized carbons (Fsp3) is 0.600. The van der Waals surface area contributed by atoms with Crippen LogP contribution in [-0.4, -0.2) is 33.8 Å². The van der Waals surface area contributed by atoms with Gasteiger partial charge in [0, 0.05) is 0 Å². The summed E-state index contributed by atoms with van der Waals surface area (Å²) in [5, 5.41) is 3.06. The van der Waals surface area contributed by atoms with E-state index < -0.39 is 0 Å². The number of amides is 1. The van der Waals surface area contributed by atoms with Crippen molar-refractivity contribution in [3.05, 3.63) is 10.6 Å². The fourth-order valence-corrected chi connectivity index (χ4v) is 4.03. The van der Waals surface area contributed by atoms with Crippen LogP contribution in [0.1, 0.15) is 30.3 Å². The molecular formula is C10H15AsN2OS. The zero-order valence-electron chi connectivity index (χ0n) is 8.75. The molecule has 1 amide bonds. The molecule has 1 aromatic rings. The Bertz CT molecular complexity index is 377. The summed E-state index contributed by atoms with van der Waals surface area (Å²) in [4.78, 5) is 17.2. The Labute approximate surface area is 102 Å². The van der Waals surface area contributed by atoms with Gasteiger partial charge in [0.25, 0.3) is 0 Å². The maximum atomic E-state index is 11.3. The second-order valence-corrected chi connectivity index (χ2v) is 6.92. The van der Waals surface area contributed by atoms with E-state index in [1.54, 1.807) is 28.2 Å². The van der Waals surface area contributed by atoms with Crippen LogP contribution in [0.4, 0.5) is 0 Å². The van der Waals surface area contributed by atoms with Gasteiger partial charge < -0.3 is 0 Å². The molecule has 1 aliphatic rings. The second kappa shape index (κ2) is 4.67. The summed E-state index contributed by atoms with van der Waals surface area (Å²) < 4.78 is 1.20. The van der Waals surface area contributed by atoms with Crippen molar-refractivity contribution < 1.29 is 4.79 Å². The molecule has 0 spiro atoms. The first-order valence-electron chi connectivity index (χ1n) is 5.22. The van der Waals surface area contributed by atoms with Gasteiger partial charge >= 0.3 is 102 Å².